The molecule has 1 aliphatic rings. The first-order valence-electron chi connectivity index (χ1n) is 4.32. The third kappa shape index (κ3) is 6.52. The third-order valence-electron chi connectivity index (χ3n) is 1.39. The summed E-state index contributed by atoms with van der Waals surface area (Å²) in [6, 6.07) is 0. The predicted molar refractivity (Wildman–Crippen MR) is 62.1 cm³/mol. The molecule has 0 aromatic carbocycles. The van der Waals surface area contributed by atoms with Crippen LogP contribution in [0, 0.1) is 0 Å². The largest absolute Gasteiger partial charge is 0.741 e. The van der Waals surface area contributed by atoms with Gasteiger partial charge in [-0.3, -0.25) is 0 Å². The molecule has 0 aliphatic carbocycles. The third-order valence-corrected chi connectivity index (χ3v) is 4.51. The highest BCUT2D eigenvalue weighted by molar-refractivity contribution is 8.25. The average molecular weight is 326 g/mol. The maximum Gasteiger partial charge on any atom is 0.485 e. The van der Waals surface area contributed by atoms with Crippen molar-refractivity contribution >= 4 is 43.4 Å². The Morgan fingerprint density at radius 1 is 1.50 bits per heavy atom. The van der Waals surface area contributed by atoms with Crippen molar-refractivity contribution < 1.29 is 35.7 Å². The van der Waals surface area contributed by atoms with Crippen LogP contribution < -0.4 is 0 Å². The molecular formula is C7H9F3O5S3. The molecule has 1 aliphatic heterocycles. The molecule has 0 spiro atoms. The van der Waals surface area contributed by atoms with Gasteiger partial charge >= 0.3 is 15.7 Å². The van der Waals surface area contributed by atoms with Gasteiger partial charge in [0, 0.05) is 12.2 Å². The van der Waals surface area contributed by atoms with E-state index in [9.17, 15) is 18.0 Å². The molecule has 0 aromatic heterocycles. The number of halogens is 3. The number of hydrogen-bond donors (Lipinski definition) is 0. The van der Waals surface area contributed by atoms with Gasteiger partial charge in [0.2, 0.25) is 0 Å². The first-order chi connectivity index (χ1) is 8.09. The molecular weight excluding hydrogens is 317 g/mol. The molecule has 0 bridgehead atoms. The number of thioether (sulfide) groups is 1. The second-order valence-electron chi connectivity index (χ2n) is 2.73. The van der Waals surface area contributed by atoms with Crippen LogP contribution in [0.5, 0.6) is 0 Å². The van der Waals surface area contributed by atoms with E-state index >= 15 is 0 Å². The summed E-state index contributed by atoms with van der Waals surface area (Å²) in [7, 11) is -4.67. The maximum atomic E-state index is 10.9. The van der Waals surface area contributed by atoms with E-state index in [1.54, 1.807) is 23.1 Å². The van der Waals surface area contributed by atoms with Crippen molar-refractivity contribution in [3.63, 3.8) is 0 Å². The zero-order valence-corrected chi connectivity index (χ0v) is 11.5. The summed E-state index contributed by atoms with van der Waals surface area (Å²) < 4.78 is 64.3. The van der Waals surface area contributed by atoms with E-state index in [0.29, 0.717) is 0 Å². The predicted octanol–water partition coefficient (Wildman–Crippen LogP) is 0.560. The molecule has 0 N–H and O–H groups in total. The van der Waals surface area contributed by atoms with E-state index < -0.39 is 15.6 Å². The zero-order chi connectivity index (χ0) is 14.4. The summed E-state index contributed by atoms with van der Waals surface area (Å²) in [4.78, 5) is 10.9. The van der Waals surface area contributed by atoms with Crippen molar-refractivity contribution in [2.24, 2.45) is 0 Å². The number of hydrogen-bond acceptors (Lipinski definition) is 6. The van der Waals surface area contributed by atoms with Gasteiger partial charge in [0.1, 0.15) is 0 Å². The Kier molecular flexibility index (Phi) is 7.10. The first kappa shape index (κ1) is 17.6. The minimum Gasteiger partial charge on any atom is -0.741 e. The quantitative estimate of drug-likeness (QED) is 0.230. The average Bonchev–Trinajstić information content (AvgIpc) is 2.27. The highest BCUT2D eigenvalue weighted by Gasteiger charge is 2.36. The van der Waals surface area contributed by atoms with Crippen LogP contribution in [0.15, 0.2) is 0 Å². The second kappa shape index (κ2) is 7.26. The van der Waals surface area contributed by atoms with Crippen molar-refractivity contribution in [2.45, 2.75) is 11.9 Å². The Morgan fingerprint density at radius 2 is 2.00 bits per heavy atom. The molecule has 0 aromatic rings. The molecule has 0 saturated carbocycles. The molecule has 1 rings (SSSR count). The Balaban J connectivity index is 0.000000331. The Morgan fingerprint density at radius 3 is 2.28 bits per heavy atom. The summed E-state index contributed by atoms with van der Waals surface area (Å²) in [6.07, 6.45) is 1.19. The Labute approximate surface area is 110 Å². The van der Waals surface area contributed by atoms with Crippen molar-refractivity contribution in [3.05, 3.63) is 0 Å². The number of carbonyl (C=O) groups is 1. The number of carbonyl (C=O) groups excluding carboxylic acids is 1. The van der Waals surface area contributed by atoms with Crippen LogP contribution in [-0.2, 0) is 31.0 Å². The lowest BCUT2D eigenvalue weighted by molar-refractivity contribution is -0.132. The lowest BCUT2D eigenvalue weighted by atomic mass is 10.6. The molecule has 0 fully saturated rings. The van der Waals surface area contributed by atoms with E-state index in [-0.39, 0.29) is 5.97 Å². The summed E-state index contributed by atoms with van der Waals surface area (Å²) in [5.74, 6) is 1.93. The highest BCUT2D eigenvalue weighted by atomic mass is 32.2. The van der Waals surface area contributed by atoms with Crippen LogP contribution in [0.4, 0.5) is 13.2 Å². The number of alkyl halides is 3. The SMILES string of the molecule is COC(=O)C1=[S+]CCCS1.O=S(=O)([O-])C(F)(F)F. The fourth-order valence-electron chi connectivity index (χ4n) is 0.632. The number of esters is 1. The molecule has 11 heteroatoms. The first-order valence-corrected chi connectivity index (χ1v) is 7.70. The van der Waals surface area contributed by atoms with Crippen LogP contribution in [0.2, 0.25) is 0 Å². The molecule has 0 amide bonds. The normalized spacial score (nSPS) is 16.2. The molecule has 0 saturated heterocycles. The maximum absolute atomic E-state index is 10.9. The van der Waals surface area contributed by atoms with Gasteiger partial charge < -0.3 is 9.29 Å². The molecule has 0 radical (unpaired) electrons. The van der Waals surface area contributed by atoms with Gasteiger partial charge in [0.15, 0.2) is 27.2 Å². The molecule has 5 nitrogen and oxygen atoms in total. The van der Waals surface area contributed by atoms with Crippen LogP contribution in [0.3, 0.4) is 0 Å². The number of ether oxygens (including phenoxy) is 1. The zero-order valence-electron chi connectivity index (χ0n) is 9.02. The Hall–Kier alpha value is -0.390. The molecule has 18 heavy (non-hydrogen) atoms. The minimum absolute atomic E-state index is 0.172. The van der Waals surface area contributed by atoms with Crippen LogP contribution in [-0.4, -0.2) is 47.3 Å². The topological polar surface area (TPSA) is 83.5 Å². The minimum atomic E-state index is -6.09. The van der Waals surface area contributed by atoms with E-state index in [0.717, 1.165) is 15.7 Å². The van der Waals surface area contributed by atoms with Gasteiger partial charge in [0.25, 0.3) is 0 Å². The monoisotopic (exact) mass is 326 g/mol. The second-order valence-corrected chi connectivity index (χ2v) is 6.57. The lowest BCUT2D eigenvalue weighted by Crippen LogP contribution is -2.21. The van der Waals surface area contributed by atoms with Gasteiger partial charge in [-0.2, -0.15) is 13.2 Å². The molecule has 0 atom stereocenters. The van der Waals surface area contributed by atoms with E-state index in [1.165, 1.54) is 13.5 Å². The van der Waals surface area contributed by atoms with Crippen molar-refractivity contribution in [1.82, 2.24) is 0 Å². The smallest absolute Gasteiger partial charge is 0.485 e. The summed E-state index contributed by atoms with van der Waals surface area (Å²) in [5.41, 5.74) is -5.65. The van der Waals surface area contributed by atoms with Gasteiger partial charge in [-0.15, -0.1) is 0 Å². The van der Waals surface area contributed by atoms with Gasteiger partial charge in [-0.1, -0.05) is 11.8 Å². The van der Waals surface area contributed by atoms with Crippen LogP contribution in [0.1, 0.15) is 6.42 Å². The summed E-state index contributed by atoms with van der Waals surface area (Å²) in [5, 5.41) is 0. The molecule has 106 valence electrons. The highest BCUT2D eigenvalue weighted by Crippen LogP contribution is 2.20. The standard InChI is InChI=1S/C6H9O2S2.CHF3O3S/c1-8-5(7)6-9-3-2-4-10-6;2-1(3,4)8(5,6)7/h2-4H2,1H3;(H,5,6,7)/q+1;/p-1. The molecule has 0 unspecified atom stereocenters. The fraction of sp³-hybridized carbons (Fsp3) is 0.714. The Bertz CT molecular complexity index is 415. The van der Waals surface area contributed by atoms with Crippen molar-refractivity contribution in [1.29, 1.82) is 0 Å². The van der Waals surface area contributed by atoms with E-state index in [2.05, 4.69) is 4.74 Å². The van der Waals surface area contributed by atoms with Crippen molar-refractivity contribution in [3.8, 4) is 0 Å². The summed E-state index contributed by atoms with van der Waals surface area (Å²) >= 11 is 3.20. The van der Waals surface area contributed by atoms with Crippen LogP contribution in [0.25, 0.3) is 0 Å². The van der Waals surface area contributed by atoms with E-state index in [1.807, 2.05) is 0 Å². The van der Waals surface area contributed by atoms with Gasteiger partial charge in [-0.05, 0) is 0 Å². The van der Waals surface area contributed by atoms with Gasteiger partial charge in [0.05, 0.1) is 7.11 Å². The number of rotatable bonds is 1. The molecule has 1 heterocycles. The lowest BCUT2D eigenvalue weighted by Gasteiger charge is -2.08. The fourth-order valence-corrected chi connectivity index (χ4v) is 3.00. The van der Waals surface area contributed by atoms with Gasteiger partial charge in [-0.25, -0.2) is 13.2 Å². The summed E-state index contributed by atoms with van der Waals surface area (Å²) in [6.45, 7) is 0. The van der Waals surface area contributed by atoms with Crippen LogP contribution >= 0.6 is 11.8 Å². The van der Waals surface area contributed by atoms with E-state index in [4.69, 9.17) is 13.0 Å². The van der Waals surface area contributed by atoms with Crippen molar-refractivity contribution in [2.75, 3.05) is 18.6 Å². The number of methoxy groups -OCH3 is 1.